The first-order chi connectivity index (χ1) is 12.7. The van der Waals surface area contributed by atoms with E-state index in [1.54, 1.807) is 18.4 Å². The number of hydrogen-bond acceptors (Lipinski definition) is 4. The number of amides is 1. The first-order valence-electron chi connectivity index (χ1n) is 8.38. The predicted molar refractivity (Wildman–Crippen MR) is 105 cm³/mol. The molecule has 0 saturated heterocycles. The van der Waals surface area contributed by atoms with Crippen molar-refractivity contribution >= 4 is 33.2 Å². The number of thiophene rings is 1. The fraction of sp³-hybridized carbons (Fsp3) is 0.263. The molecule has 0 bridgehead atoms. The maximum Gasteiger partial charge on any atom is 0.275 e. The zero-order valence-corrected chi connectivity index (χ0v) is 16.6. The van der Waals surface area contributed by atoms with E-state index in [0.717, 1.165) is 32.6 Å². The van der Waals surface area contributed by atoms with Crippen molar-refractivity contribution in [2.24, 2.45) is 0 Å². The van der Waals surface area contributed by atoms with Crippen LogP contribution in [0.4, 0.5) is 0 Å². The Bertz CT molecular complexity index is 906. The number of carbonyl (C=O) groups excluding carboxylic acids is 1. The summed E-state index contributed by atoms with van der Waals surface area (Å²) in [7, 11) is 1.68. The van der Waals surface area contributed by atoms with Crippen LogP contribution in [0.25, 0.3) is 10.6 Å². The molecule has 1 N–H and O–H groups in total. The molecule has 3 heterocycles. The zero-order valence-electron chi connectivity index (χ0n) is 14.2. The molecule has 0 saturated carbocycles. The lowest BCUT2D eigenvalue weighted by atomic mass is 9.98. The van der Waals surface area contributed by atoms with Gasteiger partial charge in [-0.3, -0.25) is 9.89 Å². The monoisotopic (exact) mass is 431 g/mol. The minimum atomic E-state index is -0.140. The van der Waals surface area contributed by atoms with Gasteiger partial charge >= 0.3 is 0 Å². The smallest absolute Gasteiger partial charge is 0.275 e. The number of aromatic nitrogens is 2. The lowest BCUT2D eigenvalue weighted by Gasteiger charge is -2.26. The number of halogens is 1. The van der Waals surface area contributed by atoms with Crippen molar-refractivity contribution in [3.8, 4) is 10.6 Å². The van der Waals surface area contributed by atoms with E-state index in [-0.39, 0.29) is 11.9 Å². The average Bonchev–Trinajstić information content (AvgIpc) is 3.35. The van der Waals surface area contributed by atoms with Gasteiger partial charge in [0.25, 0.3) is 5.91 Å². The maximum atomic E-state index is 13.0. The summed E-state index contributed by atoms with van der Waals surface area (Å²) in [6, 6.07) is 12.1. The van der Waals surface area contributed by atoms with Crippen LogP contribution in [0, 0.1) is 0 Å². The average molecular weight is 432 g/mol. The van der Waals surface area contributed by atoms with Crippen molar-refractivity contribution in [1.29, 1.82) is 0 Å². The third-order valence-electron chi connectivity index (χ3n) is 4.55. The number of methoxy groups -OCH3 is 1. The molecule has 2 aromatic heterocycles. The summed E-state index contributed by atoms with van der Waals surface area (Å²) < 4.78 is 6.19. The third kappa shape index (κ3) is 3.00. The second-order valence-electron chi connectivity index (χ2n) is 6.14. The molecule has 1 aromatic carbocycles. The van der Waals surface area contributed by atoms with Crippen LogP contribution in [0.2, 0.25) is 0 Å². The highest BCUT2D eigenvalue weighted by molar-refractivity contribution is 9.10. The fourth-order valence-corrected chi connectivity index (χ4v) is 4.40. The Morgan fingerprint density at radius 3 is 2.81 bits per heavy atom. The van der Waals surface area contributed by atoms with Gasteiger partial charge in [0.1, 0.15) is 0 Å². The number of nitrogens with zero attached hydrogens (tertiary/aromatic N) is 2. The van der Waals surface area contributed by atoms with Gasteiger partial charge in [0.2, 0.25) is 0 Å². The highest BCUT2D eigenvalue weighted by Crippen LogP contribution is 2.43. The zero-order chi connectivity index (χ0) is 18.1. The van der Waals surface area contributed by atoms with E-state index in [0.29, 0.717) is 18.8 Å². The highest BCUT2D eigenvalue weighted by Gasteiger charge is 2.42. The van der Waals surface area contributed by atoms with Crippen LogP contribution < -0.4 is 0 Å². The molecule has 1 amide bonds. The molecule has 5 nitrogen and oxygen atoms in total. The molecular weight excluding hydrogens is 414 g/mol. The number of H-pyrrole nitrogens is 1. The van der Waals surface area contributed by atoms with Gasteiger partial charge in [-0.05, 0) is 35.6 Å². The predicted octanol–water partition coefficient (Wildman–Crippen LogP) is 4.48. The van der Waals surface area contributed by atoms with Crippen molar-refractivity contribution in [2.75, 3.05) is 20.3 Å². The molecule has 3 aromatic rings. The van der Waals surface area contributed by atoms with Crippen molar-refractivity contribution in [2.45, 2.75) is 12.5 Å². The Morgan fingerprint density at radius 1 is 1.31 bits per heavy atom. The van der Waals surface area contributed by atoms with E-state index >= 15 is 0 Å². The van der Waals surface area contributed by atoms with Crippen LogP contribution in [-0.4, -0.2) is 41.3 Å². The highest BCUT2D eigenvalue weighted by atomic mass is 79.9. The summed E-state index contributed by atoms with van der Waals surface area (Å²) >= 11 is 5.13. The summed E-state index contributed by atoms with van der Waals surface area (Å²) in [5, 5.41) is 9.47. The number of nitrogens with one attached hydrogen (secondary N) is 1. The largest absolute Gasteiger partial charge is 0.385 e. The fourth-order valence-electron chi connectivity index (χ4n) is 3.40. The second kappa shape index (κ2) is 7.34. The Balaban J connectivity index is 1.80. The molecular formula is C19H18BrN3O2S. The molecule has 0 spiro atoms. The summed E-state index contributed by atoms with van der Waals surface area (Å²) in [6.07, 6.45) is 0.789. The van der Waals surface area contributed by atoms with Crippen molar-refractivity contribution in [3.05, 3.63) is 63.1 Å². The maximum absolute atomic E-state index is 13.0. The molecule has 1 atom stereocenters. The molecule has 26 heavy (non-hydrogen) atoms. The number of ether oxygens (including phenoxy) is 1. The summed E-state index contributed by atoms with van der Waals surface area (Å²) in [5.74, 6) is -0.0249. The number of benzene rings is 1. The normalized spacial score (nSPS) is 16.3. The van der Waals surface area contributed by atoms with Gasteiger partial charge in [-0.25, -0.2) is 0 Å². The SMILES string of the molecule is COCCCN1C(=O)c2n[nH]c(-c3cccs3)c2C1c1ccc(Br)cc1. The van der Waals surface area contributed by atoms with E-state index < -0.39 is 0 Å². The van der Waals surface area contributed by atoms with Gasteiger partial charge in [-0.1, -0.05) is 34.1 Å². The third-order valence-corrected chi connectivity index (χ3v) is 5.97. The number of hydrogen-bond donors (Lipinski definition) is 1. The van der Waals surface area contributed by atoms with Crippen LogP contribution in [0.1, 0.15) is 34.1 Å². The Hall–Kier alpha value is -1.96. The first-order valence-corrected chi connectivity index (χ1v) is 10.1. The molecule has 1 unspecified atom stereocenters. The number of rotatable bonds is 6. The van der Waals surface area contributed by atoms with Crippen molar-refractivity contribution in [3.63, 3.8) is 0 Å². The van der Waals surface area contributed by atoms with Gasteiger partial charge in [0, 0.05) is 30.3 Å². The van der Waals surface area contributed by atoms with Gasteiger partial charge in [0.15, 0.2) is 5.69 Å². The standard InChI is InChI=1S/C19H18BrN3O2S/c1-25-10-3-9-23-18(12-5-7-13(20)8-6-12)15-16(14-4-2-11-26-14)21-22-17(15)19(23)24/h2,4-8,11,18H,3,9-10H2,1H3,(H,21,22). The molecule has 4 rings (SSSR count). The number of fused-ring (bicyclic) bond motifs is 1. The lowest BCUT2D eigenvalue weighted by Crippen LogP contribution is -2.31. The molecule has 0 aliphatic carbocycles. The quantitative estimate of drug-likeness (QED) is 0.585. The van der Waals surface area contributed by atoms with Crippen LogP contribution >= 0.6 is 27.3 Å². The minimum Gasteiger partial charge on any atom is -0.385 e. The Morgan fingerprint density at radius 2 is 2.12 bits per heavy atom. The summed E-state index contributed by atoms with van der Waals surface area (Å²) in [5.41, 5.74) is 3.51. The van der Waals surface area contributed by atoms with Crippen LogP contribution in [0.3, 0.4) is 0 Å². The first kappa shape index (κ1) is 17.5. The van der Waals surface area contributed by atoms with Gasteiger partial charge in [-0.15, -0.1) is 11.3 Å². The van der Waals surface area contributed by atoms with Crippen molar-refractivity contribution in [1.82, 2.24) is 15.1 Å². The molecule has 0 fully saturated rings. The second-order valence-corrected chi connectivity index (χ2v) is 8.00. The van der Waals surface area contributed by atoms with Gasteiger partial charge < -0.3 is 9.64 Å². The summed E-state index contributed by atoms with van der Waals surface area (Å²) in [6.45, 7) is 1.26. The van der Waals surface area contributed by atoms with E-state index in [2.05, 4.69) is 44.3 Å². The van der Waals surface area contributed by atoms with E-state index in [1.165, 1.54) is 0 Å². The molecule has 134 valence electrons. The van der Waals surface area contributed by atoms with E-state index in [1.807, 2.05) is 28.5 Å². The molecule has 0 radical (unpaired) electrons. The van der Waals surface area contributed by atoms with E-state index in [9.17, 15) is 4.79 Å². The number of carbonyl (C=O) groups is 1. The molecule has 1 aliphatic heterocycles. The minimum absolute atomic E-state index is 0.0249. The van der Waals surface area contributed by atoms with E-state index in [4.69, 9.17) is 4.74 Å². The Labute approximate surface area is 164 Å². The molecule has 7 heteroatoms. The molecule has 1 aliphatic rings. The Kier molecular flexibility index (Phi) is 4.93. The van der Waals surface area contributed by atoms with Crippen molar-refractivity contribution < 1.29 is 9.53 Å². The van der Waals surface area contributed by atoms with Gasteiger partial charge in [0.05, 0.1) is 16.6 Å². The summed E-state index contributed by atoms with van der Waals surface area (Å²) in [4.78, 5) is 16.0. The topological polar surface area (TPSA) is 58.2 Å². The van der Waals surface area contributed by atoms with Gasteiger partial charge in [-0.2, -0.15) is 5.10 Å². The lowest BCUT2D eigenvalue weighted by molar-refractivity contribution is 0.0723. The van der Waals surface area contributed by atoms with Crippen LogP contribution in [0.5, 0.6) is 0 Å². The van der Waals surface area contributed by atoms with Crippen LogP contribution in [-0.2, 0) is 4.74 Å². The number of aromatic amines is 1. The van der Waals surface area contributed by atoms with Crippen LogP contribution in [0.15, 0.2) is 46.3 Å².